The fourth-order valence-electron chi connectivity index (χ4n) is 4.54. The van der Waals surface area contributed by atoms with Crippen molar-refractivity contribution in [3.05, 3.63) is 70.2 Å². The summed E-state index contributed by atoms with van der Waals surface area (Å²) in [5.74, 6) is 2.76. The number of aldehydes is 1. The van der Waals surface area contributed by atoms with Crippen LogP contribution in [-0.4, -0.2) is 39.3 Å². The molecule has 3 aromatic rings. The van der Waals surface area contributed by atoms with Crippen molar-refractivity contribution in [3.63, 3.8) is 0 Å². The molecular weight excluding hydrogens is 480 g/mol. The summed E-state index contributed by atoms with van der Waals surface area (Å²) < 4.78 is 29.0. The maximum atomic E-state index is 11.6. The molecule has 188 valence electrons. The van der Waals surface area contributed by atoms with Crippen molar-refractivity contribution in [2.24, 2.45) is 5.92 Å². The van der Waals surface area contributed by atoms with Crippen LogP contribution in [0, 0.1) is 12.8 Å². The van der Waals surface area contributed by atoms with Crippen molar-refractivity contribution in [1.82, 2.24) is 0 Å². The Morgan fingerprint density at radius 3 is 2.58 bits per heavy atom. The van der Waals surface area contributed by atoms with E-state index in [2.05, 4.69) is 13.0 Å². The summed E-state index contributed by atoms with van der Waals surface area (Å²) in [6.07, 6.45) is 2.63. The zero-order chi connectivity index (χ0) is 24.9. The largest absolute Gasteiger partial charge is 0.491 e. The molecule has 0 aliphatic carbocycles. The number of hydrogen-bond acceptors (Lipinski definition) is 6. The molecule has 6 nitrogen and oxygen atoms in total. The van der Waals surface area contributed by atoms with Gasteiger partial charge >= 0.3 is 0 Å². The smallest absolute Gasteiger partial charge is 0.161 e. The van der Waals surface area contributed by atoms with Crippen LogP contribution in [0.15, 0.2) is 48.5 Å². The van der Waals surface area contributed by atoms with Crippen molar-refractivity contribution < 1.29 is 28.5 Å². The minimum atomic E-state index is 0.312. The minimum Gasteiger partial charge on any atom is -0.491 e. The average Bonchev–Trinajstić information content (AvgIpc) is 2.92. The van der Waals surface area contributed by atoms with Crippen molar-refractivity contribution >= 4 is 17.9 Å². The molecule has 0 N–H and O–H groups in total. The highest BCUT2D eigenvalue weighted by Crippen LogP contribution is 2.39. The SMILES string of the molecule is Cc1c(COc2ccc(C=O)c(OCC3CCOCC3)c2Cl)cccc1-c1ccc2c(c1)OCCO2. The van der Waals surface area contributed by atoms with Crippen LogP contribution in [0.1, 0.15) is 34.3 Å². The lowest BCUT2D eigenvalue weighted by Gasteiger charge is -2.23. The second-order valence-corrected chi connectivity index (χ2v) is 9.40. The summed E-state index contributed by atoms with van der Waals surface area (Å²) in [5.41, 5.74) is 4.69. The van der Waals surface area contributed by atoms with E-state index in [0.717, 1.165) is 66.1 Å². The van der Waals surface area contributed by atoms with Gasteiger partial charge in [-0.05, 0) is 72.2 Å². The lowest BCUT2D eigenvalue weighted by Crippen LogP contribution is -2.21. The highest BCUT2D eigenvalue weighted by atomic mass is 35.5. The van der Waals surface area contributed by atoms with E-state index >= 15 is 0 Å². The van der Waals surface area contributed by atoms with Crippen LogP contribution in [0.5, 0.6) is 23.0 Å². The van der Waals surface area contributed by atoms with Crippen LogP contribution in [0.3, 0.4) is 0 Å². The molecule has 2 heterocycles. The molecule has 0 saturated carbocycles. The first-order valence-electron chi connectivity index (χ1n) is 12.2. The third-order valence-electron chi connectivity index (χ3n) is 6.71. The Balaban J connectivity index is 1.33. The molecule has 7 heteroatoms. The minimum absolute atomic E-state index is 0.312. The predicted molar refractivity (Wildman–Crippen MR) is 138 cm³/mol. The Morgan fingerprint density at radius 1 is 0.972 bits per heavy atom. The number of ether oxygens (including phenoxy) is 5. The standard InChI is InChI=1S/C29H29ClO6/c1-19-23(3-2-4-24(19)21-5-7-25-27(15-21)34-14-13-33-25)18-35-26-8-6-22(16-31)29(28(26)30)36-17-20-9-11-32-12-10-20/h2-8,15-16,20H,9-14,17-18H2,1H3. The first-order valence-corrected chi connectivity index (χ1v) is 12.6. The molecule has 36 heavy (non-hydrogen) atoms. The predicted octanol–water partition coefficient (Wildman–Crippen LogP) is 6.28. The molecular formula is C29H29ClO6. The number of carbonyl (C=O) groups excluding carboxylic acids is 1. The fraction of sp³-hybridized carbons (Fsp3) is 0.345. The summed E-state index contributed by atoms with van der Waals surface area (Å²) in [6, 6.07) is 15.5. The number of carbonyl (C=O) groups is 1. The van der Waals surface area contributed by atoms with E-state index in [1.54, 1.807) is 12.1 Å². The molecule has 0 spiro atoms. The van der Waals surface area contributed by atoms with Gasteiger partial charge in [-0.25, -0.2) is 0 Å². The number of rotatable bonds is 8. The number of fused-ring (bicyclic) bond motifs is 1. The van der Waals surface area contributed by atoms with Gasteiger partial charge in [0.05, 0.1) is 12.2 Å². The molecule has 0 atom stereocenters. The zero-order valence-electron chi connectivity index (χ0n) is 20.3. The molecule has 0 bridgehead atoms. The maximum Gasteiger partial charge on any atom is 0.161 e. The Kier molecular flexibility index (Phi) is 7.63. The van der Waals surface area contributed by atoms with Gasteiger partial charge in [-0.1, -0.05) is 35.9 Å². The van der Waals surface area contributed by atoms with E-state index in [0.29, 0.717) is 54.4 Å². The average molecular weight is 509 g/mol. The molecule has 5 rings (SSSR count). The summed E-state index contributed by atoms with van der Waals surface area (Å²) in [6.45, 7) is 5.47. The van der Waals surface area contributed by atoms with Gasteiger partial charge < -0.3 is 23.7 Å². The van der Waals surface area contributed by atoms with E-state index in [-0.39, 0.29) is 0 Å². The Morgan fingerprint density at radius 2 is 1.78 bits per heavy atom. The quantitative estimate of drug-likeness (QED) is 0.333. The summed E-state index contributed by atoms with van der Waals surface area (Å²) in [7, 11) is 0. The van der Waals surface area contributed by atoms with E-state index in [1.807, 2.05) is 30.3 Å². The zero-order valence-corrected chi connectivity index (χ0v) is 21.0. The second kappa shape index (κ2) is 11.2. The molecule has 1 fully saturated rings. The molecule has 1 saturated heterocycles. The number of hydrogen-bond donors (Lipinski definition) is 0. The summed E-state index contributed by atoms with van der Waals surface area (Å²) >= 11 is 6.65. The molecule has 0 unspecified atom stereocenters. The van der Waals surface area contributed by atoms with Crippen molar-refractivity contribution in [3.8, 4) is 34.1 Å². The van der Waals surface area contributed by atoms with Crippen molar-refractivity contribution in [2.75, 3.05) is 33.0 Å². The summed E-state index contributed by atoms with van der Waals surface area (Å²) in [4.78, 5) is 11.6. The van der Waals surface area contributed by atoms with Crippen LogP contribution in [0.2, 0.25) is 5.02 Å². The lowest BCUT2D eigenvalue weighted by atomic mass is 9.96. The molecule has 0 aromatic heterocycles. The number of halogens is 1. The maximum absolute atomic E-state index is 11.6. The highest BCUT2D eigenvalue weighted by Gasteiger charge is 2.19. The van der Waals surface area contributed by atoms with Gasteiger partial charge in [0.1, 0.15) is 30.6 Å². The molecule has 2 aliphatic heterocycles. The van der Waals surface area contributed by atoms with Crippen LogP contribution in [0.25, 0.3) is 11.1 Å². The Hall–Kier alpha value is -3.22. The Labute approximate surface area is 216 Å². The van der Waals surface area contributed by atoms with Crippen LogP contribution < -0.4 is 18.9 Å². The Bertz CT molecular complexity index is 1230. The fourth-order valence-corrected chi connectivity index (χ4v) is 4.82. The normalized spacial score (nSPS) is 15.4. The van der Waals surface area contributed by atoms with Gasteiger partial charge in [0.15, 0.2) is 23.5 Å². The van der Waals surface area contributed by atoms with Gasteiger partial charge in [0.25, 0.3) is 0 Å². The number of benzene rings is 3. The van der Waals surface area contributed by atoms with Crippen molar-refractivity contribution in [1.29, 1.82) is 0 Å². The van der Waals surface area contributed by atoms with E-state index in [1.165, 1.54) is 0 Å². The van der Waals surface area contributed by atoms with Crippen molar-refractivity contribution in [2.45, 2.75) is 26.4 Å². The highest BCUT2D eigenvalue weighted by molar-refractivity contribution is 6.34. The van der Waals surface area contributed by atoms with Crippen LogP contribution in [0.4, 0.5) is 0 Å². The van der Waals surface area contributed by atoms with E-state index in [4.69, 9.17) is 35.3 Å². The van der Waals surface area contributed by atoms with Gasteiger partial charge in [0, 0.05) is 13.2 Å². The summed E-state index contributed by atoms with van der Waals surface area (Å²) in [5, 5.41) is 0.312. The van der Waals surface area contributed by atoms with Gasteiger partial charge in [0.2, 0.25) is 0 Å². The lowest BCUT2D eigenvalue weighted by molar-refractivity contribution is 0.0496. The van der Waals surface area contributed by atoms with Gasteiger partial charge in [-0.2, -0.15) is 0 Å². The molecule has 2 aliphatic rings. The first kappa shape index (κ1) is 24.5. The van der Waals surface area contributed by atoms with Crippen LogP contribution in [-0.2, 0) is 11.3 Å². The third kappa shape index (κ3) is 5.30. The molecule has 3 aromatic carbocycles. The van der Waals surface area contributed by atoms with Gasteiger partial charge in [-0.15, -0.1) is 0 Å². The van der Waals surface area contributed by atoms with Gasteiger partial charge in [-0.3, -0.25) is 4.79 Å². The molecule has 0 radical (unpaired) electrons. The second-order valence-electron chi connectivity index (χ2n) is 9.02. The topological polar surface area (TPSA) is 63.2 Å². The first-order chi connectivity index (χ1) is 17.6. The molecule has 0 amide bonds. The van der Waals surface area contributed by atoms with Crippen LogP contribution >= 0.6 is 11.6 Å². The monoisotopic (exact) mass is 508 g/mol. The third-order valence-corrected chi connectivity index (χ3v) is 7.06. The van der Waals surface area contributed by atoms with E-state index in [9.17, 15) is 4.79 Å². The van der Waals surface area contributed by atoms with E-state index < -0.39 is 0 Å².